The summed E-state index contributed by atoms with van der Waals surface area (Å²) in [6, 6.07) is 11.7. The average molecular weight is 597 g/mol. The van der Waals surface area contributed by atoms with E-state index in [4.69, 9.17) is 0 Å². The van der Waals surface area contributed by atoms with E-state index in [0.29, 0.717) is 4.47 Å². The van der Waals surface area contributed by atoms with Crippen molar-refractivity contribution in [2.24, 2.45) is 0 Å². The van der Waals surface area contributed by atoms with Crippen LogP contribution in [0.5, 0.6) is 5.75 Å². The number of benzene rings is 3. The molecule has 0 aliphatic carbocycles. The lowest BCUT2D eigenvalue weighted by Crippen LogP contribution is -2.25. The summed E-state index contributed by atoms with van der Waals surface area (Å²) in [6.45, 7) is -0.276. The van der Waals surface area contributed by atoms with Gasteiger partial charge in [0.05, 0.1) is 21.7 Å². The first-order chi connectivity index (χ1) is 16.6. The quantitative estimate of drug-likeness (QED) is 0.323. The Kier molecular flexibility index (Phi) is 7.88. The fraction of sp³-hybridized carbons (Fsp3) is 0.136. The van der Waals surface area contributed by atoms with E-state index < -0.39 is 44.7 Å². The Labute approximate surface area is 209 Å². The van der Waals surface area contributed by atoms with E-state index in [1.165, 1.54) is 30.3 Å². The topological polar surface area (TPSA) is 84.5 Å². The SMILES string of the molecule is O=C(NCc1cccc(C(F)(F)F)c1)c1cc(Br)ccc1NS(=O)(=O)c1ccc(OC(F)(F)F)cc1. The Bertz CT molecular complexity index is 1360. The van der Waals surface area contributed by atoms with E-state index in [0.717, 1.165) is 36.4 Å². The molecular formula is C22H15BrF6N2O4S. The highest BCUT2D eigenvalue weighted by Crippen LogP contribution is 2.30. The van der Waals surface area contributed by atoms with Gasteiger partial charge in [0.1, 0.15) is 5.75 Å². The third-order valence-electron chi connectivity index (χ3n) is 4.55. The van der Waals surface area contributed by atoms with Crippen molar-refractivity contribution in [2.45, 2.75) is 24.0 Å². The summed E-state index contributed by atoms with van der Waals surface area (Å²) in [5.74, 6) is -1.42. The van der Waals surface area contributed by atoms with Crippen LogP contribution in [0.1, 0.15) is 21.5 Å². The van der Waals surface area contributed by atoms with Crippen molar-refractivity contribution in [3.8, 4) is 5.75 Å². The number of alkyl halides is 6. The monoisotopic (exact) mass is 596 g/mol. The van der Waals surface area contributed by atoms with Crippen LogP contribution < -0.4 is 14.8 Å². The molecule has 0 radical (unpaired) electrons. The summed E-state index contributed by atoms with van der Waals surface area (Å²) in [4.78, 5) is 12.4. The molecule has 0 heterocycles. The Hall–Kier alpha value is -3.26. The summed E-state index contributed by atoms with van der Waals surface area (Å²) in [5, 5.41) is 2.43. The summed E-state index contributed by atoms with van der Waals surface area (Å²) < 4.78 is 107. The average Bonchev–Trinajstić information content (AvgIpc) is 2.77. The van der Waals surface area contributed by atoms with E-state index in [9.17, 15) is 39.6 Å². The molecule has 36 heavy (non-hydrogen) atoms. The van der Waals surface area contributed by atoms with Crippen LogP contribution in [0, 0.1) is 0 Å². The maximum absolute atomic E-state index is 12.9. The molecule has 2 N–H and O–H groups in total. The summed E-state index contributed by atoms with van der Waals surface area (Å²) >= 11 is 3.16. The van der Waals surface area contributed by atoms with Gasteiger partial charge in [0.15, 0.2) is 0 Å². The number of ether oxygens (including phenoxy) is 1. The standard InChI is InChI=1S/C22H15BrF6N2O4S/c23-15-4-9-19(31-36(33,34)17-7-5-16(6-8-17)35-22(27,28)29)18(11-15)20(32)30-12-13-2-1-3-14(10-13)21(24,25)26/h1-11,31H,12H2,(H,30,32). The van der Waals surface area contributed by atoms with Crippen molar-refractivity contribution in [1.29, 1.82) is 0 Å². The van der Waals surface area contributed by atoms with Gasteiger partial charge in [-0.25, -0.2) is 8.42 Å². The number of anilines is 1. The van der Waals surface area contributed by atoms with E-state index >= 15 is 0 Å². The Morgan fingerprint density at radius 1 is 0.917 bits per heavy atom. The first-order valence-electron chi connectivity index (χ1n) is 9.76. The third kappa shape index (κ3) is 7.37. The lowest BCUT2D eigenvalue weighted by Gasteiger charge is -2.14. The third-order valence-corrected chi connectivity index (χ3v) is 6.42. The number of sulfonamides is 1. The molecule has 0 spiro atoms. The minimum atomic E-state index is -4.95. The lowest BCUT2D eigenvalue weighted by molar-refractivity contribution is -0.274. The van der Waals surface area contributed by atoms with Crippen molar-refractivity contribution in [1.82, 2.24) is 5.32 Å². The maximum Gasteiger partial charge on any atom is 0.573 e. The molecular weight excluding hydrogens is 582 g/mol. The van der Waals surface area contributed by atoms with Crippen molar-refractivity contribution >= 4 is 37.5 Å². The molecule has 3 aromatic carbocycles. The second kappa shape index (κ2) is 10.4. The molecule has 0 aliphatic rings. The highest BCUT2D eigenvalue weighted by Gasteiger charge is 2.31. The van der Waals surface area contributed by atoms with Gasteiger partial charge in [-0.3, -0.25) is 9.52 Å². The van der Waals surface area contributed by atoms with Crippen LogP contribution in [-0.4, -0.2) is 20.7 Å². The number of hydrogen-bond donors (Lipinski definition) is 2. The number of amides is 1. The number of carbonyl (C=O) groups excluding carboxylic acids is 1. The van der Waals surface area contributed by atoms with Crippen LogP contribution in [0.3, 0.4) is 0 Å². The minimum absolute atomic E-state index is 0.156. The van der Waals surface area contributed by atoms with Crippen LogP contribution in [-0.2, 0) is 22.7 Å². The molecule has 3 aromatic rings. The Morgan fingerprint density at radius 3 is 2.19 bits per heavy atom. The largest absolute Gasteiger partial charge is 0.573 e. The first kappa shape index (κ1) is 27.3. The van der Waals surface area contributed by atoms with E-state index in [2.05, 4.69) is 30.7 Å². The fourth-order valence-corrected chi connectivity index (χ4v) is 4.39. The Morgan fingerprint density at radius 2 is 1.58 bits per heavy atom. The van der Waals surface area contributed by atoms with Crippen molar-refractivity contribution in [3.05, 3.63) is 87.9 Å². The van der Waals surface area contributed by atoms with E-state index in [-0.39, 0.29) is 23.4 Å². The molecule has 3 rings (SSSR count). The Balaban J connectivity index is 1.79. The van der Waals surface area contributed by atoms with Crippen molar-refractivity contribution in [3.63, 3.8) is 0 Å². The zero-order valence-electron chi connectivity index (χ0n) is 17.7. The van der Waals surface area contributed by atoms with Gasteiger partial charge in [-0.05, 0) is 60.2 Å². The number of nitrogens with one attached hydrogen (secondary N) is 2. The molecule has 0 bridgehead atoms. The summed E-state index contributed by atoms with van der Waals surface area (Å²) in [7, 11) is -4.34. The summed E-state index contributed by atoms with van der Waals surface area (Å²) in [6.07, 6.45) is -9.51. The van der Waals surface area contributed by atoms with Gasteiger partial charge in [-0.15, -0.1) is 13.2 Å². The van der Waals surface area contributed by atoms with E-state index in [1.54, 1.807) is 0 Å². The molecule has 0 aliphatic heterocycles. The molecule has 0 atom stereocenters. The van der Waals surface area contributed by atoms with Gasteiger partial charge >= 0.3 is 12.5 Å². The van der Waals surface area contributed by atoms with Gasteiger partial charge in [-0.1, -0.05) is 28.1 Å². The molecule has 0 aromatic heterocycles. The zero-order valence-corrected chi connectivity index (χ0v) is 20.1. The molecule has 0 unspecified atom stereocenters. The zero-order chi connectivity index (χ0) is 26.7. The van der Waals surface area contributed by atoms with Crippen LogP contribution in [0.2, 0.25) is 0 Å². The van der Waals surface area contributed by atoms with Crippen molar-refractivity contribution in [2.75, 3.05) is 4.72 Å². The van der Waals surface area contributed by atoms with Crippen LogP contribution in [0.25, 0.3) is 0 Å². The molecule has 192 valence electrons. The summed E-state index contributed by atoms with van der Waals surface area (Å²) in [5.41, 5.74) is -1.06. The minimum Gasteiger partial charge on any atom is -0.406 e. The van der Waals surface area contributed by atoms with Crippen LogP contribution in [0.15, 0.2) is 76.1 Å². The number of rotatable bonds is 7. The molecule has 0 fully saturated rings. The van der Waals surface area contributed by atoms with Gasteiger partial charge < -0.3 is 10.1 Å². The predicted octanol–water partition coefficient (Wildman–Crippen LogP) is 6.10. The first-order valence-corrected chi connectivity index (χ1v) is 12.0. The molecule has 14 heteroatoms. The maximum atomic E-state index is 12.9. The fourth-order valence-electron chi connectivity index (χ4n) is 2.95. The lowest BCUT2D eigenvalue weighted by atomic mass is 10.1. The molecule has 0 saturated carbocycles. The normalized spacial score (nSPS) is 12.2. The van der Waals surface area contributed by atoms with Crippen LogP contribution >= 0.6 is 15.9 Å². The molecule has 0 saturated heterocycles. The number of carbonyl (C=O) groups is 1. The number of halogens is 7. The van der Waals surface area contributed by atoms with Gasteiger partial charge in [0.2, 0.25) is 0 Å². The highest BCUT2D eigenvalue weighted by atomic mass is 79.9. The van der Waals surface area contributed by atoms with Crippen LogP contribution in [0.4, 0.5) is 32.0 Å². The predicted molar refractivity (Wildman–Crippen MR) is 121 cm³/mol. The molecule has 1 amide bonds. The van der Waals surface area contributed by atoms with Gasteiger partial charge in [0, 0.05) is 11.0 Å². The second-order valence-corrected chi connectivity index (χ2v) is 9.79. The van der Waals surface area contributed by atoms with E-state index in [1.807, 2.05) is 0 Å². The molecule has 6 nitrogen and oxygen atoms in total. The van der Waals surface area contributed by atoms with Crippen molar-refractivity contribution < 1.29 is 44.3 Å². The van der Waals surface area contributed by atoms with Gasteiger partial charge in [-0.2, -0.15) is 13.2 Å². The number of hydrogen-bond acceptors (Lipinski definition) is 4. The van der Waals surface area contributed by atoms with Gasteiger partial charge in [0.25, 0.3) is 15.9 Å². The second-order valence-electron chi connectivity index (χ2n) is 7.20. The smallest absolute Gasteiger partial charge is 0.406 e. The highest BCUT2D eigenvalue weighted by molar-refractivity contribution is 9.10.